The van der Waals surface area contributed by atoms with Crippen LogP contribution in [0.15, 0.2) is 0 Å². The zero-order chi connectivity index (χ0) is 17.2. The molecule has 140 valence electrons. The Morgan fingerprint density at radius 2 is 1.71 bits per heavy atom. The molecule has 1 aliphatic carbocycles. The van der Waals surface area contributed by atoms with E-state index in [0.29, 0.717) is 12.5 Å². The molecular weight excluding hydrogens is 324 g/mol. The molecule has 1 N–H and O–H groups in total. The fourth-order valence-electron chi connectivity index (χ4n) is 5.11. The van der Waals surface area contributed by atoms with E-state index in [1.807, 2.05) is 0 Å². The molecule has 0 radical (unpaired) electrons. The summed E-state index contributed by atoms with van der Waals surface area (Å²) in [5.74, 6) is 0.422. The van der Waals surface area contributed by atoms with Crippen LogP contribution in [0.2, 0.25) is 0 Å². The third-order valence-corrected chi connectivity index (χ3v) is 7.63. The molecule has 3 rings (SSSR count). The average molecular weight is 359 g/mol. The Kier molecular flexibility index (Phi) is 5.90. The standard InChI is InChI=1S/C18H34N2O3S/c1-24(22,23)20-12-7-4-8-16-14-19(13-9-17(16)20)15-18(21)10-5-2-3-6-11-18/h16-17,21H,2-15H2,1H3/t16-,17+/m0/s1. The second-order valence-electron chi connectivity index (χ2n) is 8.36. The van der Waals surface area contributed by atoms with Crippen LogP contribution >= 0.6 is 0 Å². The summed E-state index contributed by atoms with van der Waals surface area (Å²) in [6, 6.07) is 0.169. The number of hydrogen-bond acceptors (Lipinski definition) is 4. The molecule has 3 aliphatic rings. The van der Waals surface area contributed by atoms with Crippen molar-refractivity contribution in [3.05, 3.63) is 0 Å². The molecule has 24 heavy (non-hydrogen) atoms. The van der Waals surface area contributed by atoms with Gasteiger partial charge in [-0.15, -0.1) is 0 Å². The summed E-state index contributed by atoms with van der Waals surface area (Å²) < 4.78 is 26.1. The molecule has 0 aromatic heterocycles. The Hall–Kier alpha value is -0.170. The molecular formula is C18H34N2O3S. The smallest absolute Gasteiger partial charge is 0.211 e. The fourth-order valence-corrected chi connectivity index (χ4v) is 6.34. The first-order chi connectivity index (χ1) is 11.4. The Balaban J connectivity index is 1.65. The number of fused-ring (bicyclic) bond motifs is 1. The lowest BCUT2D eigenvalue weighted by atomic mass is 9.87. The highest BCUT2D eigenvalue weighted by atomic mass is 32.2. The third kappa shape index (κ3) is 4.51. The van der Waals surface area contributed by atoms with Crippen LogP contribution in [0, 0.1) is 5.92 Å². The quantitative estimate of drug-likeness (QED) is 0.786. The van der Waals surface area contributed by atoms with Gasteiger partial charge in [0.15, 0.2) is 0 Å². The Bertz CT molecular complexity index is 514. The number of sulfonamides is 1. The van der Waals surface area contributed by atoms with E-state index < -0.39 is 15.6 Å². The minimum absolute atomic E-state index is 0.169. The number of rotatable bonds is 3. The summed E-state index contributed by atoms with van der Waals surface area (Å²) in [6.07, 6.45) is 12.1. The summed E-state index contributed by atoms with van der Waals surface area (Å²) >= 11 is 0. The van der Waals surface area contributed by atoms with Gasteiger partial charge in [-0.3, -0.25) is 0 Å². The van der Waals surface area contributed by atoms with Crippen molar-refractivity contribution < 1.29 is 13.5 Å². The van der Waals surface area contributed by atoms with Crippen molar-refractivity contribution in [2.45, 2.75) is 75.9 Å². The Labute approximate surface area is 147 Å². The van der Waals surface area contributed by atoms with Gasteiger partial charge in [-0.05, 0) is 44.6 Å². The van der Waals surface area contributed by atoms with Crippen molar-refractivity contribution >= 4 is 10.0 Å². The lowest BCUT2D eigenvalue weighted by Crippen LogP contribution is -2.54. The number of β-amino-alcohol motifs (C(OH)–C–C–N with tert-alkyl or cyclic N) is 1. The van der Waals surface area contributed by atoms with E-state index in [4.69, 9.17) is 0 Å². The Morgan fingerprint density at radius 1 is 1.00 bits per heavy atom. The van der Waals surface area contributed by atoms with Gasteiger partial charge in [0.1, 0.15) is 0 Å². The molecule has 0 bridgehead atoms. The summed E-state index contributed by atoms with van der Waals surface area (Å²) in [6.45, 7) is 3.31. The molecule has 6 heteroatoms. The highest BCUT2D eigenvalue weighted by Crippen LogP contribution is 2.34. The van der Waals surface area contributed by atoms with Crippen LogP contribution in [0.25, 0.3) is 0 Å². The predicted octanol–water partition coefficient (Wildman–Crippen LogP) is 2.21. The highest BCUT2D eigenvalue weighted by Gasteiger charge is 2.40. The topological polar surface area (TPSA) is 60.9 Å². The molecule has 0 aromatic carbocycles. The van der Waals surface area contributed by atoms with Crippen molar-refractivity contribution in [3.8, 4) is 0 Å². The van der Waals surface area contributed by atoms with Crippen molar-refractivity contribution in [1.29, 1.82) is 0 Å². The van der Waals surface area contributed by atoms with Gasteiger partial charge in [-0.1, -0.05) is 32.1 Å². The average Bonchev–Trinajstić information content (AvgIpc) is 2.84. The summed E-state index contributed by atoms with van der Waals surface area (Å²) in [5.41, 5.74) is -0.523. The van der Waals surface area contributed by atoms with E-state index in [-0.39, 0.29) is 6.04 Å². The monoisotopic (exact) mass is 358 g/mol. The molecule has 1 saturated carbocycles. The van der Waals surface area contributed by atoms with Crippen molar-refractivity contribution in [2.75, 3.05) is 32.4 Å². The van der Waals surface area contributed by atoms with Gasteiger partial charge in [0.2, 0.25) is 10.0 Å². The molecule has 0 unspecified atom stereocenters. The van der Waals surface area contributed by atoms with Crippen LogP contribution in [-0.2, 0) is 10.0 Å². The van der Waals surface area contributed by atoms with E-state index in [0.717, 1.165) is 71.0 Å². The van der Waals surface area contributed by atoms with E-state index in [2.05, 4.69) is 4.90 Å². The molecule has 0 amide bonds. The van der Waals surface area contributed by atoms with Gasteiger partial charge in [-0.25, -0.2) is 8.42 Å². The lowest BCUT2D eigenvalue weighted by Gasteiger charge is -2.44. The molecule has 2 atom stereocenters. The SMILES string of the molecule is CS(=O)(=O)N1CCCC[C@H]2CN(CC3(O)CCCCCC3)CC[C@H]21. The number of piperidine rings is 1. The second-order valence-corrected chi connectivity index (χ2v) is 10.3. The minimum Gasteiger partial charge on any atom is -0.389 e. The lowest BCUT2D eigenvalue weighted by molar-refractivity contribution is -0.0261. The Morgan fingerprint density at radius 3 is 2.38 bits per heavy atom. The maximum absolute atomic E-state index is 12.2. The van der Waals surface area contributed by atoms with Crippen LogP contribution in [0.5, 0.6) is 0 Å². The third-order valence-electron chi connectivity index (χ3n) is 6.33. The van der Waals surface area contributed by atoms with Gasteiger partial charge in [0.05, 0.1) is 11.9 Å². The maximum atomic E-state index is 12.2. The fraction of sp³-hybridized carbons (Fsp3) is 1.00. The van der Waals surface area contributed by atoms with Crippen LogP contribution in [0.4, 0.5) is 0 Å². The molecule has 2 saturated heterocycles. The highest BCUT2D eigenvalue weighted by molar-refractivity contribution is 7.88. The van der Waals surface area contributed by atoms with Gasteiger partial charge in [-0.2, -0.15) is 4.31 Å². The van der Waals surface area contributed by atoms with E-state index in [1.165, 1.54) is 19.1 Å². The van der Waals surface area contributed by atoms with E-state index >= 15 is 0 Å². The number of hydrogen-bond donors (Lipinski definition) is 1. The zero-order valence-electron chi connectivity index (χ0n) is 15.1. The van der Waals surface area contributed by atoms with Crippen molar-refractivity contribution in [1.82, 2.24) is 9.21 Å². The van der Waals surface area contributed by atoms with Crippen LogP contribution in [0.1, 0.15) is 64.2 Å². The zero-order valence-corrected chi connectivity index (χ0v) is 15.9. The largest absolute Gasteiger partial charge is 0.389 e. The van der Waals surface area contributed by atoms with Crippen LogP contribution in [0.3, 0.4) is 0 Å². The van der Waals surface area contributed by atoms with Gasteiger partial charge in [0.25, 0.3) is 0 Å². The first kappa shape index (κ1) is 18.6. The van der Waals surface area contributed by atoms with Gasteiger partial charge < -0.3 is 10.0 Å². The van der Waals surface area contributed by atoms with Gasteiger partial charge >= 0.3 is 0 Å². The first-order valence-corrected chi connectivity index (χ1v) is 11.6. The number of aliphatic hydroxyl groups is 1. The maximum Gasteiger partial charge on any atom is 0.211 e. The minimum atomic E-state index is -3.12. The van der Waals surface area contributed by atoms with E-state index in [1.54, 1.807) is 4.31 Å². The number of likely N-dealkylation sites (tertiary alicyclic amines) is 1. The molecule has 0 spiro atoms. The molecule has 0 aromatic rings. The van der Waals surface area contributed by atoms with Crippen LogP contribution in [-0.4, -0.2) is 66.8 Å². The molecule has 3 fully saturated rings. The number of nitrogens with zero attached hydrogens (tertiary/aromatic N) is 2. The molecule has 2 heterocycles. The predicted molar refractivity (Wildman–Crippen MR) is 96.4 cm³/mol. The molecule has 2 aliphatic heterocycles. The first-order valence-electron chi connectivity index (χ1n) is 9.79. The van der Waals surface area contributed by atoms with Crippen molar-refractivity contribution in [3.63, 3.8) is 0 Å². The van der Waals surface area contributed by atoms with E-state index in [9.17, 15) is 13.5 Å². The molecule has 5 nitrogen and oxygen atoms in total. The summed E-state index contributed by atoms with van der Waals surface area (Å²) in [7, 11) is -3.12. The summed E-state index contributed by atoms with van der Waals surface area (Å²) in [5, 5.41) is 11.0. The van der Waals surface area contributed by atoms with Crippen molar-refractivity contribution in [2.24, 2.45) is 5.92 Å². The van der Waals surface area contributed by atoms with Crippen LogP contribution < -0.4 is 0 Å². The summed E-state index contributed by atoms with van der Waals surface area (Å²) in [4.78, 5) is 2.41. The second kappa shape index (κ2) is 7.60. The normalized spacial score (nSPS) is 33.4. The van der Waals surface area contributed by atoms with Gasteiger partial charge in [0, 0.05) is 25.7 Å².